The van der Waals surface area contributed by atoms with E-state index >= 15 is 0 Å². The summed E-state index contributed by atoms with van der Waals surface area (Å²) in [6.07, 6.45) is -0.0264. The molecule has 0 aliphatic carbocycles. The average molecular weight is 265 g/mol. The predicted molar refractivity (Wildman–Crippen MR) is 67.4 cm³/mol. The number of aliphatic carboxylic acids is 1. The number of nitrogens with one attached hydrogen (secondary N) is 1. The smallest absolute Gasteiger partial charge is 0.304 e. The minimum atomic E-state index is -0.889. The van der Waals surface area contributed by atoms with Crippen molar-refractivity contribution in [1.82, 2.24) is 0 Å². The van der Waals surface area contributed by atoms with Gasteiger partial charge in [0.1, 0.15) is 5.75 Å². The van der Waals surface area contributed by atoms with Crippen molar-refractivity contribution in [3.63, 3.8) is 0 Å². The molecular weight excluding hydrogens is 250 g/mol. The molecule has 1 unspecified atom stereocenters. The van der Waals surface area contributed by atoms with Crippen molar-refractivity contribution < 1.29 is 24.2 Å². The molecule has 102 valence electrons. The van der Waals surface area contributed by atoms with Crippen molar-refractivity contribution in [1.29, 1.82) is 0 Å². The van der Waals surface area contributed by atoms with Crippen LogP contribution in [0, 0.1) is 0 Å². The van der Waals surface area contributed by atoms with E-state index in [0.29, 0.717) is 18.0 Å². The molecule has 0 saturated heterocycles. The predicted octanol–water partition coefficient (Wildman–Crippen LogP) is 1.22. The van der Waals surface area contributed by atoms with Gasteiger partial charge >= 0.3 is 5.97 Å². The monoisotopic (exact) mass is 265 g/mol. The first-order valence-corrected chi connectivity index (χ1v) is 5.87. The van der Waals surface area contributed by atoms with Gasteiger partial charge in [-0.3, -0.25) is 9.59 Å². The van der Waals surface area contributed by atoms with Gasteiger partial charge < -0.3 is 19.9 Å². The summed E-state index contributed by atoms with van der Waals surface area (Å²) in [6, 6.07) is 5.26. The van der Waals surface area contributed by atoms with Crippen molar-refractivity contribution in [2.45, 2.75) is 12.3 Å². The fraction of sp³-hybridized carbons (Fsp3) is 0.385. The molecule has 2 N–H and O–H groups in total. The molecule has 0 aromatic heterocycles. The summed E-state index contributed by atoms with van der Waals surface area (Å²) in [5.41, 5.74) is 1.37. The number of methoxy groups -OCH3 is 1. The molecule has 1 amide bonds. The number of fused-ring (bicyclic) bond motifs is 1. The molecule has 0 bridgehead atoms. The van der Waals surface area contributed by atoms with Crippen LogP contribution >= 0.6 is 0 Å². The van der Waals surface area contributed by atoms with Crippen LogP contribution < -0.4 is 10.1 Å². The van der Waals surface area contributed by atoms with Crippen LogP contribution in [0.2, 0.25) is 0 Å². The highest BCUT2D eigenvalue weighted by Crippen LogP contribution is 2.32. The number of hydrogen-bond donors (Lipinski definition) is 2. The van der Waals surface area contributed by atoms with Gasteiger partial charge in [0.2, 0.25) is 0 Å². The van der Waals surface area contributed by atoms with Crippen LogP contribution in [0.3, 0.4) is 0 Å². The van der Waals surface area contributed by atoms with E-state index in [4.69, 9.17) is 14.6 Å². The number of carbonyl (C=O) groups is 2. The zero-order valence-electron chi connectivity index (χ0n) is 10.5. The highest BCUT2D eigenvalue weighted by Gasteiger charge is 2.20. The van der Waals surface area contributed by atoms with Crippen LogP contribution in [0.5, 0.6) is 5.75 Å². The number of carboxylic acids is 1. The molecule has 1 atom stereocenters. The number of rotatable bonds is 5. The van der Waals surface area contributed by atoms with E-state index in [-0.39, 0.29) is 24.9 Å². The van der Waals surface area contributed by atoms with Crippen LogP contribution in [0.15, 0.2) is 18.2 Å². The van der Waals surface area contributed by atoms with Gasteiger partial charge in [0.05, 0.1) is 18.7 Å². The van der Waals surface area contributed by atoms with Gasteiger partial charge in [-0.15, -0.1) is 0 Å². The highest BCUT2D eigenvalue weighted by atomic mass is 16.5. The maximum Gasteiger partial charge on any atom is 0.304 e. The van der Waals surface area contributed by atoms with Crippen LogP contribution in [-0.2, 0) is 14.3 Å². The Morgan fingerprint density at radius 1 is 1.58 bits per heavy atom. The molecule has 19 heavy (non-hydrogen) atoms. The van der Waals surface area contributed by atoms with E-state index in [2.05, 4.69) is 5.32 Å². The third-order valence-corrected chi connectivity index (χ3v) is 2.90. The van der Waals surface area contributed by atoms with Crippen LogP contribution in [0.1, 0.15) is 17.9 Å². The molecular formula is C13H15NO5. The second-order valence-corrected chi connectivity index (χ2v) is 4.34. The molecule has 1 aromatic rings. The van der Waals surface area contributed by atoms with Crippen molar-refractivity contribution in [3.8, 4) is 5.75 Å². The summed E-state index contributed by atoms with van der Waals surface area (Å²) in [7, 11) is 1.53. The Balaban J connectivity index is 2.25. The Hall–Kier alpha value is -2.08. The maximum atomic E-state index is 11.3. The third-order valence-electron chi connectivity index (χ3n) is 2.90. The van der Waals surface area contributed by atoms with Crippen LogP contribution in [-0.4, -0.2) is 37.3 Å². The van der Waals surface area contributed by atoms with Gasteiger partial charge in [0.15, 0.2) is 6.61 Å². The minimum Gasteiger partial charge on any atom is -0.482 e. The summed E-state index contributed by atoms with van der Waals surface area (Å²) in [5.74, 6) is -0.771. The quantitative estimate of drug-likeness (QED) is 0.836. The molecule has 0 spiro atoms. The molecule has 6 nitrogen and oxygen atoms in total. The molecule has 1 aromatic carbocycles. The van der Waals surface area contributed by atoms with Crippen molar-refractivity contribution >= 4 is 17.6 Å². The van der Waals surface area contributed by atoms with Gasteiger partial charge in [0, 0.05) is 13.0 Å². The van der Waals surface area contributed by atoms with Gasteiger partial charge in [-0.1, -0.05) is 6.07 Å². The van der Waals surface area contributed by atoms with Gasteiger partial charge in [-0.05, 0) is 17.7 Å². The van der Waals surface area contributed by atoms with Gasteiger partial charge in [0.25, 0.3) is 5.91 Å². The Bertz CT molecular complexity index is 500. The molecule has 0 fully saturated rings. The summed E-state index contributed by atoms with van der Waals surface area (Å²) in [6.45, 7) is 0.308. The second-order valence-electron chi connectivity index (χ2n) is 4.34. The standard InChI is InChI=1S/C13H15NO5/c1-18-6-9(5-13(16)17)8-2-3-11-10(4-8)14-12(15)7-19-11/h2-4,9H,5-7H2,1H3,(H,14,15)(H,16,17). The number of amides is 1. The largest absolute Gasteiger partial charge is 0.482 e. The molecule has 0 radical (unpaired) electrons. The lowest BCUT2D eigenvalue weighted by molar-refractivity contribution is -0.137. The fourth-order valence-corrected chi connectivity index (χ4v) is 2.04. The SMILES string of the molecule is COCC(CC(=O)O)c1ccc2c(c1)NC(=O)CO2. The summed E-state index contributed by atoms with van der Waals surface area (Å²) in [4.78, 5) is 22.1. The van der Waals surface area contributed by atoms with E-state index in [1.165, 1.54) is 7.11 Å². The molecule has 2 rings (SSSR count). The highest BCUT2D eigenvalue weighted by molar-refractivity contribution is 5.95. The van der Waals surface area contributed by atoms with Crippen molar-refractivity contribution in [2.24, 2.45) is 0 Å². The Kier molecular flexibility index (Phi) is 4.01. The normalized spacial score (nSPS) is 15.1. The van der Waals surface area contributed by atoms with E-state index in [0.717, 1.165) is 5.56 Å². The maximum absolute atomic E-state index is 11.3. The number of anilines is 1. The zero-order chi connectivity index (χ0) is 13.8. The molecule has 1 heterocycles. The number of carbonyl (C=O) groups excluding carboxylic acids is 1. The van der Waals surface area contributed by atoms with E-state index in [9.17, 15) is 9.59 Å². The van der Waals surface area contributed by atoms with Crippen LogP contribution in [0.25, 0.3) is 0 Å². The second kappa shape index (κ2) is 5.71. The molecule has 0 saturated carbocycles. The van der Waals surface area contributed by atoms with E-state index in [1.54, 1.807) is 18.2 Å². The average Bonchev–Trinajstić information content (AvgIpc) is 2.37. The summed E-state index contributed by atoms with van der Waals surface area (Å²) >= 11 is 0. The Morgan fingerprint density at radius 3 is 3.05 bits per heavy atom. The zero-order valence-corrected chi connectivity index (χ0v) is 10.5. The lowest BCUT2D eigenvalue weighted by Crippen LogP contribution is -2.25. The minimum absolute atomic E-state index is 0.00295. The number of ether oxygens (including phenoxy) is 2. The summed E-state index contributed by atoms with van der Waals surface area (Å²) < 4.78 is 10.3. The van der Waals surface area contributed by atoms with Crippen molar-refractivity contribution in [2.75, 3.05) is 25.6 Å². The number of carboxylic acid groups (broad SMARTS) is 1. The lowest BCUT2D eigenvalue weighted by atomic mass is 9.95. The Labute approximate surface area is 110 Å². The van der Waals surface area contributed by atoms with Crippen molar-refractivity contribution in [3.05, 3.63) is 23.8 Å². The fourth-order valence-electron chi connectivity index (χ4n) is 2.04. The van der Waals surface area contributed by atoms with Gasteiger partial charge in [-0.2, -0.15) is 0 Å². The number of hydrogen-bond acceptors (Lipinski definition) is 4. The first kappa shape index (κ1) is 13.4. The first-order valence-electron chi connectivity index (χ1n) is 5.87. The third kappa shape index (κ3) is 3.23. The van der Waals surface area contributed by atoms with E-state index in [1.807, 2.05) is 0 Å². The lowest BCUT2D eigenvalue weighted by Gasteiger charge is -2.21. The van der Waals surface area contributed by atoms with E-state index < -0.39 is 5.97 Å². The summed E-state index contributed by atoms with van der Waals surface area (Å²) in [5, 5.41) is 11.6. The topological polar surface area (TPSA) is 84.9 Å². The van der Waals surface area contributed by atoms with Gasteiger partial charge in [-0.25, -0.2) is 0 Å². The Morgan fingerprint density at radius 2 is 2.37 bits per heavy atom. The number of benzene rings is 1. The molecule has 1 aliphatic rings. The molecule has 6 heteroatoms. The first-order chi connectivity index (χ1) is 9.10. The molecule has 1 aliphatic heterocycles. The van der Waals surface area contributed by atoms with Crippen LogP contribution in [0.4, 0.5) is 5.69 Å².